The van der Waals surface area contributed by atoms with E-state index in [0.717, 1.165) is 12.5 Å². The summed E-state index contributed by atoms with van der Waals surface area (Å²) in [6.45, 7) is 3.81. The molecule has 2 aromatic rings. The number of fused-ring (bicyclic) bond motifs is 1. The van der Waals surface area contributed by atoms with Crippen LogP contribution in [-0.4, -0.2) is 28.1 Å². The Morgan fingerprint density at radius 2 is 2.00 bits per heavy atom. The molecule has 3 rings (SSSR count). The fourth-order valence-corrected chi connectivity index (χ4v) is 3.26. The maximum atomic E-state index is 13.6. The maximum absolute atomic E-state index is 13.6. The van der Waals surface area contributed by atoms with E-state index in [4.69, 9.17) is 4.74 Å². The van der Waals surface area contributed by atoms with Crippen LogP contribution in [-0.2, 0) is 15.7 Å². The molecule has 0 spiro atoms. The van der Waals surface area contributed by atoms with Crippen LogP contribution < -0.4 is 0 Å². The van der Waals surface area contributed by atoms with Crippen molar-refractivity contribution in [2.24, 2.45) is 10.9 Å². The average molecular weight is 379 g/mol. The molecule has 0 fully saturated rings. The van der Waals surface area contributed by atoms with Gasteiger partial charge in [0.2, 0.25) is 0 Å². The standard InChI is InChI=1S/C19H20F3N3O2/c1-3-4-11-27-18(26)16-12(2)24-15-9-10-23-25(15)17(16)13-7-5-6-8-14(13)19(20,21)22/h5-10,16-17H,3-4,11H2,1-2H3. The zero-order chi connectivity index (χ0) is 19.6. The number of rotatable bonds is 5. The van der Waals surface area contributed by atoms with E-state index < -0.39 is 29.7 Å². The van der Waals surface area contributed by atoms with E-state index in [0.29, 0.717) is 18.0 Å². The highest BCUT2D eigenvalue weighted by Gasteiger charge is 2.43. The van der Waals surface area contributed by atoms with Gasteiger partial charge in [0, 0.05) is 11.8 Å². The number of aliphatic imine (C=N–C) groups is 1. The number of hydrogen-bond acceptors (Lipinski definition) is 4. The zero-order valence-corrected chi connectivity index (χ0v) is 15.0. The molecule has 0 radical (unpaired) electrons. The van der Waals surface area contributed by atoms with Crippen molar-refractivity contribution in [2.45, 2.75) is 38.9 Å². The lowest BCUT2D eigenvalue weighted by Crippen LogP contribution is -2.38. The lowest BCUT2D eigenvalue weighted by Gasteiger charge is -2.32. The van der Waals surface area contributed by atoms with Gasteiger partial charge in [-0.3, -0.25) is 4.79 Å². The molecule has 2 atom stereocenters. The summed E-state index contributed by atoms with van der Waals surface area (Å²) in [5.41, 5.74) is -0.411. The molecule has 1 aliphatic rings. The van der Waals surface area contributed by atoms with Crippen LogP contribution in [0.25, 0.3) is 0 Å². The van der Waals surface area contributed by atoms with Crippen molar-refractivity contribution < 1.29 is 22.7 Å². The third kappa shape index (κ3) is 3.74. The van der Waals surface area contributed by atoms with Crippen LogP contribution in [0.4, 0.5) is 19.0 Å². The molecule has 1 aromatic carbocycles. The number of halogens is 3. The van der Waals surface area contributed by atoms with Gasteiger partial charge in [0.1, 0.15) is 5.92 Å². The van der Waals surface area contributed by atoms with Crippen LogP contribution in [0.3, 0.4) is 0 Å². The minimum Gasteiger partial charge on any atom is -0.465 e. The highest BCUT2D eigenvalue weighted by Crippen LogP contribution is 2.42. The molecular weight excluding hydrogens is 359 g/mol. The van der Waals surface area contributed by atoms with Crippen LogP contribution in [0.5, 0.6) is 0 Å². The third-order valence-electron chi connectivity index (χ3n) is 4.55. The second-order valence-corrected chi connectivity index (χ2v) is 6.42. The van der Waals surface area contributed by atoms with E-state index in [2.05, 4.69) is 10.1 Å². The fourth-order valence-electron chi connectivity index (χ4n) is 3.26. The van der Waals surface area contributed by atoms with E-state index in [1.54, 1.807) is 13.0 Å². The van der Waals surface area contributed by atoms with Gasteiger partial charge in [0.25, 0.3) is 0 Å². The van der Waals surface area contributed by atoms with Gasteiger partial charge in [-0.15, -0.1) is 0 Å². The number of carbonyl (C=O) groups is 1. The summed E-state index contributed by atoms with van der Waals surface area (Å²) in [6.07, 6.45) is -1.57. The number of alkyl halides is 3. The first kappa shape index (κ1) is 19.1. The minimum atomic E-state index is -4.55. The summed E-state index contributed by atoms with van der Waals surface area (Å²) >= 11 is 0. The Morgan fingerprint density at radius 1 is 1.26 bits per heavy atom. The van der Waals surface area contributed by atoms with Gasteiger partial charge >= 0.3 is 12.1 Å². The molecule has 1 aromatic heterocycles. The second-order valence-electron chi connectivity index (χ2n) is 6.42. The smallest absolute Gasteiger partial charge is 0.416 e. The van der Waals surface area contributed by atoms with Gasteiger partial charge in [0.05, 0.1) is 24.4 Å². The molecule has 5 nitrogen and oxygen atoms in total. The first-order valence-electron chi connectivity index (χ1n) is 8.76. The molecule has 1 aliphatic heterocycles. The molecule has 27 heavy (non-hydrogen) atoms. The number of nitrogens with zero attached hydrogens (tertiary/aromatic N) is 3. The monoisotopic (exact) mass is 379 g/mol. The van der Waals surface area contributed by atoms with Gasteiger partial charge in [-0.2, -0.15) is 18.3 Å². The Bertz CT molecular complexity index is 858. The Morgan fingerprint density at radius 3 is 2.70 bits per heavy atom. The molecule has 0 saturated carbocycles. The number of aromatic nitrogens is 2. The Labute approximate surface area is 154 Å². The van der Waals surface area contributed by atoms with E-state index >= 15 is 0 Å². The molecule has 2 heterocycles. The van der Waals surface area contributed by atoms with E-state index in [1.165, 1.54) is 29.1 Å². The van der Waals surface area contributed by atoms with Gasteiger partial charge in [-0.1, -0.05) is 31.5 Å². The first-order valence-corrected chi connectivity index (χ1v) is 8.76. The first-order chi connectivity index (χ1) is 12.8. The van der Waals surface area contributed by atoms with Gasteiger partial charge in [-0.05, 0) is 25.0 Å². The number of carbonyl (C=O) groups excluding carboxylic acids is 1. The highest BCUT2D eigenvalue weighted by molar-refractivity contribution is 6.03. The van der Waals surface area contributed by atoms with Crippen molar-refractivity contribution in [1.29, 1.82) is 0 Å². The third-order valence-corrected chi connectivity index (χ3v) is 4.55. The number of unbranched alkanes of at least 4 members (excludes halogenated alkanes) is 1. The van der Waals surface area contributed by atoms with Crippen LogP contribution in [0, 0.1) is 5.92 Å². The summed E-state index contributed by atoms with van der Waals surface area (Å²) in [7, 11) is 0. The second kappa shape index (κ2) is 7.54. The predicted octanol–water partition coefficient (Wildman–Crippen LogP) is 4.56. The van der Waals surface area contributed by atoms with Crippen molar-refractivity contribution >= 4 is 17.5 Å². The van der Waals surface area contributed by atoms with Gasteiger partial charge in [0.15, 0.2) is 5.82 Å². The van der Waals surface area contributed by atoms with Crippen molar-refractivity contribution in [2.75, 3.05) is 6.61 Å². The Kier molecular flexibility index (Phi) is 5.34. The van der Waals surface area contributed by atoms with Crippen LogP contribution >= 0.6 is 0 Å². The largest absolute Gasteiger partial charge is 0.465 e. The Hall–Kier alpha value is -2.64. The summed E-state index contributed by atoms with van der Waals surface area (Å²) in [5, 5.41) is 4.14. The zero-order valence-electron chi connectivity index (χ0n) is 15.0. The van der Waals surface area contributed by atoms with Gasteiger partial charge < -0.3 is 4.74 Å². The highest BCUT2D eigenvalue weighted by atomic mass is 19.4. The Balaban J connectivity index is 2.10. The normalized spacial score (nSPS) is 19.4. The maximum Gasteiger partial charge on any atom is 0.416 e. The molecule has 0 bridgehead atoms. The molecule has 0 saturated heterocycles. The molecule has 0 amide bonds. The van der Waals surface area contributed by atoms with E-state index in [9.17, 15) is 18.0 Å². The number of hydrogen-bond donors (Lipinski definition) is 0. The predicted molar refractivity (Wildman–Crippen MR) is 93.9 cm³/mol. The lowest BCUT2D eigenvalue weighted by atomic mass is 9.86. The molecular formula is C19H20F3N3O2. The van der Waals surface area contributed by atoms with Crippen LogP contribution in [0.1, 0.15) is 43.9 Å². The topological polar surface area (TPSA) is 56.5 Å². The van der Waals surface area contributed by atoms with E-state index in [-0.39, 0.29) is 12.2 Å². The molecule has 0 N–H and O–H groups in total. The summed E-state index contributed by atoms with van der Waals surface area (Å²) < 4.78 is 47.5. The number of ether oxygens (including phenoxy) is 1. The molecule has 8 heteroatoms. The SMILES string of the molecule is CCCCOC(=O)C1C(C)=Nc2ccnn2C1c1ccccc1C(F)(F)F. The molecule has 0 aliphatic carbocycles. The van der Waals surface area contributed by atoms with Crippen LogP contribution in [0.2, 0.25) is 0 Å². The minimum absolute atomic E-state index is 0.0263. The van der Waals surface area contributed by atoms with Crippen LogP contribution in [0.15, 0.2) is 41.5 Å². The van der Waals surface area contributed by atoms with Crippen molar-refractivity contribution in [3.63, 3.8) is 0 Å². The van der Waals surface area contributed by atoms with Crippen molar-refractivity contribution in [3.05, 3.63) is 47.7 Å². The van der Waals surface area contributed by atoms with Gasteiger partial charge in [-0.25, -0.2) is 9.67 Å². The van der Waals surface area contributed by atoms with E-state index in [1.807, 2.05) is 6.92 Å². The quantitative estimate of drug-likeness (QED) is 0.565. The van der Waals surface area contributed by atoms with Crippen molar-refractivity contribution in [3.8, 4) is 0 Å². The molecule has 144 valence electrons. The molecule has 2 unspecified atom stereocenters. The summed E-state index contributed by atoms with van der Waals surface area (Å²) in [5.74, 6) is -1.15. The summed E-state index contributed by atoms with van der Waals surface area (Å²) in [6, 6.07) is 5.87. The fraction of sp³-hybridized carbons (Fsp3) is 0.421. The number of esters is 1. The van der Waals surface area contributed by atoms with Crippen molar-refractivity contribution in [1.82, 2.24) is 9.78 Å². The average Bonchev–Trinajstić information content (AvgIpc) is 3.07. The summed E-state index contributed by atoms with van der Waals surface area (Å²) in [4.78, 5) is 17.1. The lowest BCUT2D eigenvalue weighted by molar-refractivity contribution is -0.148. The number of benzene rings is 1.